The minimum Gasteiger partial charge on any atom is -0.373 e. The Bertz CT molecular complexity index is 355. The molecule has 1 N–H and O–H groups in total. The van der Waals surface area contributed by atoms with Crippen LogP contribution in [0.3, 0.4) is 0 Å². The summed E-state index contributed by atoms with van der Waals surface area (Å²) in [5.74, 6) is 0. The van der Waals surface area contributed by atoms with Crippen molar-refractivity contribution in [3.63, 3.8) is 0 Å². The highest BCUT2D eigenvalue weighted by atomic mass is 32.1. The number of hydrogen-bond donors (Lipinski definition) is 1. The van der Waals surface area contributed by atoms with Gasteiger partial charge in [0.2, 0.25) is 0 Å². The van der Waals surface area contributed by atoms with E-state index in [0.29, 0.717) is 6.04 Å². The molecule has 4 nitrogen and oxygen atoms in total. The zero-order valence-electron chi connectivity index (χ0n) is 10.8. The predicted octanol–water partition coefficient (Wildman–Crippen LogP) is 1.43. The third-order valence-corrected chi connectivity index (χ3v) is 4.12. The Kier molecular flexibility index (Phi) is 4.50. The molecule has 1 aromatic rings. The number of hydrogen-bond acceptors (Lipinski definition) is 5. The molecule has 0 amide bonds. The van der Waals surface area contributed by atoms with E-state index in [1.165, 1.54) is 5.01 Å². The van der Waals surface area contributed by atoms with Gasteiger partial charge >= 0.3 is 0 Å². The van der Waals surface area contributed by atoms with Gasteiger partial charge in [-0.2, -0.15) is 0 Å². The Morgan fingerprint density at radius 2 is 2.47 bits per heavy atom. The molecule has 0 saturated carbocycles. The molecule has 1 aliphatic rings. The second-order valence-electron chi connectivity index (χ2n) is 4.47. The smallest absolute Gasteiger partial charge is 0.113 e. The molecule has 1 saturated heterocycles. The first kappa shape index (κ1) is 13.0. The average molecular weight is 255 g/mol. The van der Waals surface area contributed by atoms with Gasteiger partial charge in [0.05, 0.1) is 18.8 Å². The first-order valence-electron chi connectivity index (χ1n) is 6.17. The molecule has 0 aromatic carbocycles. The number of ether oxygens (including phenoxy) is 1. The maximum Gasteiger partial charge on any atom is 0.113 e. The molecule has 0 aliphatic carbocycles. The van der Waals surface area contributed by atoms with Crippen LogP contribution >= 0.6 is 11.3 Å². The van der Waals surface area contributed by atoms with E-state index in [1.807, 2.05) is 6.92 Å². The summed E-state index contributed by atoms with van der Waals surface area (Å²) in [7, 11) is 2.16. The number of likely N-dealkylation sites (N-methyl/N-ethyl adjacent to an activating group) is 2. The van der Waals surface area contributed by atoms with E-state index in [1.54, 1.807) is 11.3 Å². The molecule has 17 heavy (non-hydrogen) atoms. The Balaban J connectivity index is 2.12. The fourth-order valence-electron chi connectivity index (χ4n) is 2.17. The Labute approximate surface area is 107 Å². The van der Waals surface area contributed by atoms with Gasteiger partial charge < -0.3 is 10.1 Å². The van der Waals surface area contributed by atoms with Gasteiger partial charge in [-0.3, -0.25) is 4.90 Å². The highest BCUT2D eigenvalue weighted by Gasteiger charge is 2.33. The van der Waals surface area contributed by atoms with Gasteiger partial charge in [0, 0.05) is 24.2 Å². The van der Waals surface area contributed by atoms with E-state index in [0.717, 1.165) is 31.9 Å². The predicted molar refractivity (Wildman–Crippen MR) is 70.5 cm³/mol. The van der Waals surface area contributed by atoms with Crippen LogP contribution in [0.15, 0.2) is 5.38 Å². The van der Waals surface area contributed by atoms with Crippen molar-refractivity contribution in [2.75, 3.05) is 33.3 Å². The van der Waals surface area contributed by atoms with Crippen LogP contribution in [-0.4, -0.2) is 49.3 Å². The van der Waals surface area contributed by atoms with Crippen LogP contribution in [0.4, 0.5) is 0 Å². The van der Waals surface area contributed by atoms with Crippen molar-refractivity contribution >= 4 is 11.3 Å². The molecular formula is C12H21N3OS. The van der Waals surface area contributed by atoms with Crippen LogP contribution < -0.4 is 5.32 Å². The number of thiazole rings is 1. The summed E-state index contributed by atoms with van der Waals surface area (Å²) in [6.07, 6.45) is 0.208. The summed E-state index contributed by atoms with van der Waals surface area (Å²) in [6, 6.07) is 0.293. The van der Waals surface area contributed by atoms with Gasteiger partial charge in [0.25, 0.3) is 0 Å². The maximum absolute atomic E-state index is 5.89. The molecule has 1 fully saturated rings. The Morgan fingerprint density at radius 3 is 3.12 bits per heavy atom. The lowest BCUT2D eigenvalue weighted by Crippen LogP contribution is -2.47. The number of nitrogens with one attached hydrogen (secondary N) is 1. The lowest BCUT2D eigenvalue weighted by atomic mass is 10.1. The van der Waals surface area contributed by atoms with Crippen LogP contribution in [0.5, 0.6) is 0 Å². The quantitative estimate of drug-likeness (QED) is 0.883. The highest BCUT2D eigenvalue weighted by molar-refractivity contribution is 7.09. The number of rotatable bonds is 4. The molecule has 1 aliphatic heterocycles. The topological polar surface area (TPSA) is 37.4 Å². The number of aryl methyl sites for hydroxylation is 1. The van der Waals surface area contributed by atoms with Crippen LogP contribution in [-0.2, 0) is 4.74 Å². The SMILES string of the molecule is CCNCC1OCCN(C)C1c1nc(C)cs1. The first-order valence-corrected chi connectivity index (χ1v) is 7.05. The largest absolute Gasteiger partial charge is 0.373 e. The summed E-state index contributed by atoms with van der Waals surface area (Å²) in [6.45, 7) is 7.83. The molecular weight excluding hydrogens is 234 g/mol. The van der Waals surface area contributed by atoms with Crippen molar-refractivity contribution in [3.8, 4) is 0 Å². The van der Waals surface area contributed by atoms with Crippen molar-refractivity contribution in [1.82, 2.24) is 15.2 Å². The van der Waals surface area contributed by atoms with Gasteiger partial charge in [0.1, 0.15) is 5.01 Å². The van der Waals surface area contributed by atoms with Crippen molar-refractivity contribution in [2.45, 2.75) is 26.0 Å². The van der Waals surface area contributed by atoms with E-state index in [9.17, 15) is 0 Å². The number of aromatic nitrogens is 1. The van der Waals surface area contributed by atoms with Crippen molar-refractivity contribution in [2.24, 2.45) is 0 Å². The molecule has 2 heterocycles. The second-order valence-corrected chi connectivity index (χ2v) is 5.36. The Hall–Kier alpha value is -0.490. The van der Waals surface area contributed by atoms with Crippen molar-refractivity contribution in [1.29, 1.82) is 0 Å². The summed E-state index contributed by atoms with van der Waals surface area (Å²) in [4.78, 5) is 6.96. The van der Waals surface area contributed by atoms with Crippen molar-refractivity contribution in [3.05, 3.63) is 16.1 Å². The fourth-order valence-corrected chi connectivity index (χ4v) is 3.19. The van der Waals surface area contributed by atoms with Crippen LogP contribution in [0.25, 0.3) is 0 Å². The number of nitrogens with zero attached hydrogens (tertiary/aromatic N) is 2. The third-order valence-electron chi connectivity index (χ3n) is 3.09. The molecule has 96 valence electrons. The van der Waals surface area contributed by atoms with E-state index < -0.39 is 0 Å². The van der Waals surface area contributed by atoms with E-state index in [4.69, 9.17) is 4.74 Å². The number of morpholine rings is 1. The van der Waals surface area contributed by atoms with Gasteiger partial charge in [-0.25, -0.2) is 4.98 Å². The second kappa shape index (κ2) is 5.91. The standard InChI is InChI=1S/C12H21N3OS/c1-4-13-7-10-11(15(3)5-6-16-10)12-14-9(2)8-17-12/h8,10-11,13H,4-7H2,1-3H3. The minimum atomic E-state index is 0.208. The highest BCUT2D eigenvalue weighted by Crippen LogP contribution is 2.30. The van der Waals surface area contributed by atoms with Crippen LogP contribution in [0.1, 0.15) is 23.7 Å². The molecule has 2 atom stereocenters. The molecule has 5 heteroatoms. The van der Waals surface area contributed by atoms with E-state index in [2.05, 4.69) is 34.6 Å². The maximum atomic E-state index is 5.89. The average Bonchev–Trinajstić information content (AvgIpc) is 2.73. The lowest BCUT2D eigenvalue weighted by Gasteiger charge is -2.38. The molecule has 0 bridgehead atoms. The zero-order valence-corrected chi connectivity index (χ0v) is 11.6. The fraction of sp³-hybridized carbons (Fsp3) is 0.750. The molecule has 2 rings (SSSR count). The Morgan fingerprint density at radius 1 is 1.65 bits per heavy atom. The molecule has 0 spiro atoms. The van der Waals surface area contributed by atoms with Crippen LogP contribution in [0.2, 0.25) is 0 Å². The minimum absolute atomic E-state index is 0.208. The molecule has 0 radical (unpaired) electrons. The summed E-state index contributed by atoms with van der Waals surface area (Å²) >= 11 is 1.74. The van der Waals surface area contributed by atoms with E-state index in [-0.39, 0.29) is 6.10 Å². The first-order chi connectivity index (χ1) is 8.22. The lowest BCUT2D eigenvalue weighted by molar-refractivity contribution is -0.0612. The molecule has 1 aromatic heterocycles. The summed E-state index contributed by atoms with van der Waals surface area (Å²) < 4.78 is 5.89. The van der Waals surface area contributed by atoms with Gasteiger partial charge in [-0.1, -0.05) is 6.92 Å². The van der Waals surface area contributed by atoms with Crippen molar-refractivity contribution < 1.29 is 4.74 Å². The molecule has 2 unspecified atom stereocenters. The third kappa shape index (κ3) is 3.04. The monoisotopic (exact) mass is 255 g/mol. The zero-order chi connectivity index (χ0) is 12.3. The van der Waals surface area contributed by atoms with E-state index >= 15 is 0 Å². The van der Waals surface area contributed by atoms with Gasteiger partial charge in [-0.05, 0) is 20.5 Å². The normalized spacial score (nSPS) is 26.3. The van der Waals surface area contributed by atoms with Gasteiger partial charge in [-0.15, -0.1) is 11.3 Å². The summed E-state index contributed by atoms with van der Waals surface area (Å²) in [5, 5.41) is 6.66. The summed E-state index contributed by atoms with van der Waals surface area (Å²) in [5.41, 5.74) is 1.10. The van der Waals surface area contributed by atoms with Gasteiger partial charge in [0.15, 0.2) is 0 Å². The van der Waals surface area contributed by atoms with Crippen LogP contribution in [0, 0.1) is 6.92 Å².